The van der Waals surface area contributed by atoms with Crippen molar-refractivity contribution in [2.75, 3.05) is 19.6 Å². The Morgan fingerprint density at radius 3 is 2.15 bits per heavy atom. The summed E-state index contributed by atoms with van der Waals surface area (Å²) in [4.78, 5) is 30.1. The summed E-state index contributed by atoms with van der Waals surface area (Å²) in [5.41, 5.74) is 4.54. The third-order valence-corrected chi connectivity index (χ3v) is 7.98. The van der Waals surface area contributed by atoms with Gasteiger partial charge in [0, 0.05) is 42.5 Å². The van der Waals surface area contributed by atoms with Crippen LogP contribution < -0.4 is 0 Å². The Kier molecular flexibility index (Phi) is 7.63. The maximum Gasteiger partial charge on any atom is 0.407 e. The minimum absolute atomic E-state index is 0.115. The third-order valence-electron chi connectivity index (χ3n) is 7.98. The lowest BCUT2D eigenvalue weighted by molar-refractivity contribution is 0.0283. The van der Waals surface area contributed by atoms with Gasteiger partial charge in [-0.1, -0.05) is 81.4 Å². The van der Waals surface area contributed by atoms with Gasteiger partial charge in [0.25, 0.3) is 5.91 Å². The molecular weight excluding hydrogens is 514 g/mol. The fraction of sp³-hybridized carbons (Fsp3) is 0.294. The number of aryl methyl sites for hydroxylation is 1. The Morgan fingerprint density at radius 1 is 0.878 bits per heavy atom. The molecule has 7 nitrogen and oxygen atoms in total. The molecule has 2 amide bonds. The summed E-state index contributed by atoms with van der Waals surface area (Å²) in [6.45, 7) is 9.13. The van der Waals surface area contributed by atoms with Crippen molar-refractivity contribution in [1.29, 1.82) is 0 Å². The van der Waals surface area contributed by atoms with Crippen LogP contribution in [0, 0.1) is 12.3 Å². The van der Waals surface area contributed by atoms with E-state index >= 15 is 0 Å². The molecule has 0 saturated carbocycles. The van der Waals surface area contributed by atoms with E-state index in [0.29, 0.717) is 11.3 Å². The number of hydrogen-bond donors (Lipinski definition) is 2. The van der Waals surface area contributed by atoms with Gasteiger partial charge < -0.3 is 24.6 Å². The minimum atomic E-state index is -0.977. The molecule has 1 aliphatic heterocycles. The second kappa shape index (κ2) is 11.2. The number of carbonyl (C=O) groups excluding carboxylic acids is 1. The van der Waals surface area contributed by atoms with Crippen LogP contribution in [0.5, 0.6) is 5.75 Å². The zero-order chi connectivity index (χ0) is 29.3. The molecule has 41 heavy (non-hydrogen) atoms. The van der Waals surface area contributed by atoms with E-state index in [1.54, 1.807) is 18.2 Å². The molecule has 1 unspecified atom stereocenters. The number of hydrogen-bond acceptors (Lipinski definition) is 3. The first-order chi connectivity index (χ1) is 19.6. The summed E-state index contributed by atoms with van der Waals surface area (Å²) in [7, 11) is 0. The van der Waals surface area contributed by atoms with E-state index in [0.717, 1.165) is 22.5 Å². The van der Waals surface area contributed by atoms with Crippen molar-refractivity contribution in [1.82, 2.24) is 14.4 Å². The Hall–Kier alpha value is -4.52. The maximum atomic E-state index is 14.7. The second-order valence-corrected chi connectivity index (χ2v) is 11.8. The number of carbonyl (C=O) groups is 2. The molecule has 1 saturated heterocycles. The average molecular weight is 552 g/mol. The third kappa shape index (κ3) is 5.57. The fourth-order valence-corrected chi connectivity index (χ4v) is 6.28. The van der Waals surface area contributed by atoms with Gasteiger partial charge in [0.05, 0.1) is 17.3 Å². The van der Waals surface area contributed by atoms with Gasteiger partial charge in [0.2, 0.25) is 0 Å². The average Bonchev–Trinajstić information content (AvgIpc) is 3.30. The molecule has 212 valence electrons. The van der Waals surface area contributed by atoms with Crippen molar-refractivity contribution in [2.45, 2.75) is 39.7 Å². The number of aromatic nitrogens is 1. The molecule has 5 rings (SSSR count). The van der Waals surface area contributed by atoms with Crippen LogP contribution in [-0.2, 0) is 0 Å². The van der Waals surface area contributed by atoms with Crippen molar-refractivity contribution in [2.24, 2.45) is 5.41 Å². The molecule has 7 heteroatoms. The quantitative estimate of drug-likeness (QED) is 0.286. The van der Waals surface area contributed by atoms with E-state index in [-0.39, 0.29) is 48.7 Å². The van der Waals surface area contributed by atoms with Crippen LogP contribution in [0.25, 0.3) is 16.9 Å². The van der Waals surface area contributed by atoms with Gasteiger partial charge in [-0.3, -0.25) is 4.79 Å². The standard InChI is InChI=1S/C34H37N3O4/c1-23-20-28(31(25-14-11-17-27(38)21-25)37(23)26-15-9-6-10-16-26)32(39)36-19-18-35(33(40)41)22-29(36)30(34(2,3)4)24-12-7-5-8-13-24/h5-17,20-21,29-30,38H,18-19,22H2,1-4H3,(H,40,41)/t29-,30?/m0/s1. The van der Waals surface area contributed by atoms with Crippen molar-refractivity contribution in [3.63, 3.8) is 0 Å². The minimum Gasteiger partial charge on any atom is -0.508 e. The molecule has 0 spiro atoms. The zero-order valence-electron chi connectivity index (χ0n) is 24.0. The predicted octanol–water partition coefficient (Wildman–Crippen LogP) is 6.79. The smallest absolute Gasteiger partial charge is 0.407 e. The first-order valence-electron chi connectivity index (χ1n) is 14.0. The molecule has 2 N–H and O–H groups in total. The molecule has 2 heterocycles. The van der Waals surface area contributed by atoms with E-state index in [9.17, 15) is 19.8 Å². The van der Waals surface area contributed by atoms with Crippen molar-refractivity contribution < 1.29 is 19.8 Å². The van der Waals surface area contributed by atoms with E-state index in [4.69, 9.17) is 0 Å². The number of benzene rings is 3. The molecule has 0 bridgehead atoms. The Labute approximate surface area is 241 Å². The van der Waals surface area contributed by atoms with Gasteiger partial charge in [-0.2, -0.15) is 0 Å². The Balaban J connectivity index is 1.67. The summed E-state index contributed by atoms with van der Waals surface area (Å²) in [5.74, 6) is -0.151. The summed E-state index contributed by atoms with van der Waals surface area (Å²) in [6, 6.07) is 28.4. The van der Waals surface area contributed by atoms with Gasteiger partial charge in [-0.15, -0.1) is 0 Å². The van der Waals surface area contributed by atoms with Crippen molar-refractivity contribution in [3.8, 4) is 22.7 Å². The number of carboxylic acid groups (broad SMARTS) is 1. The number of amides is 2. The van der Waals surface area contributed by atoms with Crippen LogP contribution >= 0.6 is 0 Å². The molecule has 1 aromatic heterocycles. The monoisotopic (exact) mass is 551 g/mol. The normalized spacial score (nSPS) is 16.4. The number of aromatic hydroxyl groups is 1. The molecule has 1 fully saturated rings. The Morgan fingerprint density at radius 2 is 1.54 bits per heavy atom. The van der Waals surface area contributed by atoms with E-state index in [2.05, 4.69) is 32.9 Å². The van der Waals surface area contributed by atoms with E-state index < -0.39 is 6.09 Å². The van der Waals surface area contributed by atoms with E-state index in [1.807, 2.05) is 77.1 Å². The van der Waals surface area contributed by atoms with E-state index in [1.165, 1.54) is 4.90 Å². The van der Waals surface area contributed by atoms with Crippen LogP contribution in [0.4, 0.5) is 4.79 Å². The van der Waals surface area contributed by atoms with Gasteiger partial charge >= 0.3 is 6.09 Å². The topological polar surface area (TPSA) is 86.0 Å². The highest BCUT2D eigenvalue weighted by Crippen LogP contribution is 2.42. The summed E-state index contributed by atoms with van der Waals surface area (Å²) in [5, 5.41) is 20.3. The van der Waals surface area contributed by atoms with Crippen LogP contribution in [0.3, 0.4) is 0 Å². The molecule has 1 aliphatic rings. The highest BCUT2D eigenvalue weighted by molar-refractivity contribution is 6.01. The Bertz CT molecular complexity index is 1540. The van der Waals surface area contributed by atoms with Crippen molar-refractivity contribution in [3.05, 3.63) is 108 Å². The second-order valence-electron chi connectivity index (χ2n) is 11.8. The molecule has 3 aromatic carbocycles. The van der Waals surface area contributed by atoms with Crippen LogP contribution in [-0.4, -0.2) is 62.3 Å². The van der Waals surface area contributed by atoms with Gasteiger partial charge in [0.15, 0.2) is 0 Å². The largest absolute Gasteiger partial charge is 0.508 e. The molecule has 0 radical (unpaired) electrons. The van der Waals surface area contributed by atoms with Gasteiger partial charge in [-0.25, -0.2) is 4.79 Å². The number of phenolic OH excluding ortho intramolecular Hbond substituents is 1. The first kappa shape index (κ1) is 28.0. The summed E-state index contributed by atoms with van der Waals surface area (Å²) in [6.07, 6.45) is -0.977. The summed E-state index contributed by atoms with van der Waals surface area (Å²) >= 11 is 0. The fourth-order valence-electron chi connectivity index (χ4n) is 6.28. The number of piperazine rings is 1. The lowest BCUT2D eigenvalue weighted by Gasteiger charge is -2.48. The molecule has 4 aromatic rings. The molecule has 2 atom stereocenters. The van der Waals surface area contributed by atoms with Gasteiger partial charge in [0.1, 0.15) is 5.75 Å². The number of rotatable bonds is 5. The van der Waals surface area contributed by atoms with Gasteiger partial charge in [-0.05, 0) is 48.2 Å². The lowest BCUT2D eigenvalue weighted by Crippen LogP contribution is -2.59. The maximum absolute atomic E-state index is 14.7. The molecule has 0 aliphatic carbocycles. The van der Waals surface area contributed by atoms with Crippen molar-refractivity contribution >= 4 is 12.0 Å². The first-order valence-corrected chi connectivity index (χ1v) is 14.0. The lowest BCUT2D eigenvalue weighted by atomic mass is 9.71. The number of para-hydroxylation sites is 1. The zero-order valence-corrected chi connectivity index (χ0v) is 24.0. The SMILES string of the molecule is Cc1cc(C(=O)N2CCN(C(=O)O)C[C@H]2C(c2ccccc2)C(C)(C)C)c(-c2cccc(O)c2)n1-c1ccccc1. The van der Waals surface area contributed by atoms with Crippen LogP contribution in [0.1, 0.15) is 48.3 Å². The number of nitrogens with zero attached hydrogens (tertiary/aromatic N) is 3. The van der Waals surface area contributed by atoms with Crippen LogP contribution in [0.2, 0.25) is 0 Å². The summed E-state index contributed by atoms with van der Waals surface area (Å²) < 4.78 is 2.04. The highest BCUT2D eigenvalue weighted by atomic mass is 16.4. The molecular formula is C34H37N3O4. The predicted molar refractivity (Wildman–Crippen MR) is 161 cm³/mol. The number of phenols is 1. The highest BCUT2D eigenvalue weighted by Gasteiger charge is 2.43. The van der Waals surface area contributed by atoms with Crippen LogP contribution in [0.15, 0.2) is 91.0 Å².